The van der Waals surface area contributed by atoms with Gasteiger partial charge in [0.05, 0.1) is 34.6 Å². The van der Waals surface area contributed by atoms with Crippen LogP contribution in [0.1, 0.15) is 28.9 Å². The highest BCUT2D eigenvalue weighted by Crippen LogP contribution is 2.22. The van der Waals surface area contributed by atoms with E-state index in [0.29, 0.717) is 18.9 Å². The fraction of sp³-hybridized carbons (Fsp3) is 0.294. The van der Waals surface area contributed by atoms with Crippen LogP contribution in [-0.4, -0.2) is 49.6 Å². The molecule has 8 heteroatoms. The van der Waals surface area contributed by atoms with E-state index in [1.165, 1.54) is 17.6 Å². The van der Waals surface area contributed by atoms with Crippen molar-refractivity contribution in [3.8, 4) is 10.6 Å². The van der Waals surface area contributed by atoms with Gasteiger partial charge in [0.25, 0.3) is 5.91 Å². The Bertz CT molecular complexity index is 876. The predicted octanol–water partition coefficient (Wildman–Crippen LogP) is 1.99. The second-order valence-electron chi connectivity index (χ2n) is 5.99. The van der Waals surface area contributed by atoms with E-state index in [-0.39, 0.29) is 17.6 Å². The molecule has 2 atom stereocenters. The summed E-state index contributed by atoms with van der Waals surface area (Å²) in [6.45, 7) is 2.15. The average Bonchev–Trinajstić information content (AvgIpc) is 3.31. The molecular formula is C17H16N4O3S. The number of aromatic nitrogens is 3. The first-order chi connectivity index (χ1) is 12.1. The molecule has 4 heterocycles. The molecule has 0 aliphatic carbocycles. The van der Waals surface area contributed by atoms with Crippen LogP contribution in [0.15, 0.2) is 40.7 Å². The second kappa shape index (κ2) is 6.38. The van der Waals surface area contributed by atoms with Gasteiger partial charge in [-0.25, -0.2) is 4.98 Å². The third kappa shape index (κ3) is 3.06. The number of β-amino-alcohol motifs (C(OH)–C–C–N with tert-alkyl or cyclic N) is 1. The van der Waals surface area contributed by atoms with E-state index < -0.39 is 6.10 Å². The van der Waals surface area contributed by atoms with Gasteiger partial charge < -0.3 is 14.4 Å². The van der Waals surface area contributed by atoms with Crippen LogP contribution in [-0.2, 0) is 6.42 Å². The minimum absolute atomic E-state index is 0.184. The van der Waals surface area contributed by atoms with Crippen molar-refractivity contribution in [1.82, 2.24) is 19.9 Å². The molecular weight excluding hydrogens is 340 g/mol. The quantitative estimate of drug-likeness (QED) is 0.768. The summed E-state index contributed by atoms with van der Waals surface area (Å²) in [5, 5.41) is 9.53. The molecule has 1 fully saturated rings. The van der Waals surface area contributed by atoms with Crippen molar-refractivity contribution >= 4 is 17.2 Å². The number of carbonyl (C=O) groups is 1. The largest absolute Gasteiger partial charge is 0.448 e. The Labute approximate surface area is 148 Å². The average molecular weight is 356 g/mol. The van der Waals surface area contributed by atoms with Crippen LogP contribution in [0.5, 0.6) is 0 Å². The lowest BCUT2D eigenvalue weighted by molar-refractivity contribution is -0.0360. The Morgan fingerprint density at radius 1 is 1.44 bits per heavy atom. The van der Waals surface area contributed by atoms with E-state index in [1.54, 1.807) is 22.8 Å². The number of amides is 1. The molecule has 1 aliphatic heterocycles. The van der Waals surface area contributed by atoms with Gasteiger partial charge in [-0.3, -0.25) is 14.8 Å². The smallest absolute Gasteiger partial charge is 0.276 e. The summed E-state index contributed by atoms with van der Waals surface area (Å²) in [5.41, 5.74) is 3.86. The lowest BCUT2D eigenvalue weighted by Crippen LogP contribution is -2.60. The summed E-state index contributed by atoms with van der Waals surface area (Å²) in [5.74, 6) is 0.246. The predicted molar refractivity (Wildman–Crippen MR) is 91.2 cm³/mol. The van der Waals surface area contributed by atoms with E-state index in [2.05, 4.69) is 15.0 Å². The van der Waals surface area contributed by atoms with Crippen molar-refractivity contribution in [1.29, 1.82) is 0 Å². The number of aliphatic hydroxyl groups excluding tert-OH is 1. The zero-order valence-corrected chi connectivity index (χ0v) is 14.3. The van der Waals surface area contributed by atoms with Gasteiger partial charge in [-0.1, -0.05) is 6.07 Å². The molecule has 3 aromatic heterocycles. The number of carbonyl (C=O) groups excluding carboxylic acids is 1. The molecule has 7 nitrogen and oxygen atoms in total. The van der Waals surface area contributed by atoms with Crippen LogP contribution in [0.3, 0.4) is 0 Å². The number of hydrogen-bond acceptors (Lipinski definition) is 7. The molecule has 128 valence electrons. The third-order valence-electron chi connectivity index (χ3n) is 4.33. The molecule has 0 bridgehead atoms. The zero-order valence-electron chi connectivity index (χ0n) is 13.5. The maximum Gasteiger partial charge on any atom is 0.276 e. The van der Waals surface area contributed by atoms with Crippen molar-refractivity contribution < 1.29 is 14.3 Å². The van der Waals surface area contributed by atoms with Gasteiger partial charge in [-0.15, -0.1) is 11.3 Å². The number of aliphatic hydroxyl groups is 1. The van der Waals surface area contributed by atoms with Crippen LogP contribution in [0.4, 0.5) is 0 Å². The van der Waals surface area contributed by atoms with Crippen LogP contribution in [0, 0.1) is 0 Å². The maximum atomic E-state index is 12.3. The van der Waals surface area contributed by atoms with E-state index >= 15 is 0 Å². The molecule has 1 amide bonds. The fourth-order valence-electron chi connectivity index (χ4n) is 2.69. The highest BCUT2D eigenvalue weighted by molar-refractivity contribution is 7.13. The molecule has 3 aromatic rings. The number of pyridine rings is 1. The summed E-state index contributed by atoms with van der Waals surface area (Å²) in [6.07, 6.45) is 4.93. The van der Waals surface area contributed by atoms with Gasteiger partial charge in [-0.05, 0) is 18.6 Å². The topological polar surface area (TPSA) is 92.3 Å². The Kier molecular flexibility index (Phi) is 4.06. The molecule has 4 rings (SSSR count). The minimum Gasteiger partial charge on any atom is -0.448 e. The van der Waals surface area contributed by atoms with E-state index in [9.17, 15) is 9.90 Å². The van der Waals surface area contributed by atoms with Gasteiger partial charge in [0.2, 0.25) is 0 Å². The molecule has 1 saturated heterocycles. The van der Waals surface area contributed by atoms with Crippen molar-refractivity contribution in [2.45, 2.75) is 25.5 Å². The standard InChI is InChI=1S/C17H16N4O3S/c1-10-14(22)7-21(10)17(23)13-8-24-16(20-13)4-11-2-3-12(19-5-11)15-6-18-9-25-15/h2-3,5-6,8-10,14,22H,4,7H2,1H3/t10-,14-/m0/s1. The first-order valence-corrected chi connectivity index (χ1v) is 8.77. The van der Waals surface area contributed by atoms with Gasteiger partial charge in [0.15, 0.2) is 11.6 Å². The number of likely N-dealkylation sites (tertiary alicyclic amines) is 1. The monoisotopic (exact) mass is 356 g/mol. The fourth-order valence-corrected chi connectivity index (χ4v) is 3.29. The van der Waals surface area contributed by atoms with Crippen LogP contribution >= 0.6 is 11.3 Å². The molecule has 0 radical (unpaired) electrons. The lowest BCUT2D eigenvalue weighted by atomic mass is 10.0. The summed E-state index contributed by atoms with van der Waals surface area (Å²) >= 11 is 1.54. The summed E-state index contributed by atoms with van der Waals surface area (Å²) in [6, 6.07) is 3.71. The molecule has 1 N–H and O–H groups in total. The first-order valence-electron chi connectivity index (χ1n) is 7.89. The number of nitrogens with zero attached hydrogens (tertiary/aromatic N) is 4. The Morgan fingerprint density at radius 2 is 2.32 bits per heavy atom. The van der Waals surface area contributed by atoms with Gasteiger partial charge in [0.1, 0.15) is 6.26 Å². The van der Waals surface area contributed by atoms with Crippen molar-refractivity contribution in [3.63, 3.8) is 0 Å². The lowest BCUT2D eigenvalue weighted by Gasteiger charge is -2.42. The number of oxazole rings is 1. The zero-order chi connectivity index (χ0) is 17.4. The normalized spacial score (nSPS) is 19.7. The highest BCUT2D eigenvalue weighted by atomic mass is 32.1. The van der Waals surface area contributed by atoms with Crippen LogP contribution in [0.2, 0.25) is 0 Å². The molecule has 0 aromatic carbocycles. The summed E-state index contributed by atoms with van der Waals surface area (Å²) in [4.78, 5) is 27.6. The van der Waals surface area contributed by atoms with E-state index in [0.717, 1.165) is 16.1 Å². The van der Waals surface area contributed by atoms with Crippen molar-refractivity contribution in [2.75, 3.05) is 6.54 Å². The molecule has 0 saturated carbocycles. The van der Waals surface area contributed by atoms with Crippen molar-refractivity contribution in [2.24, 2.45) is 0 Å². The molecule has 0 spiro atoms. The maximum absolute atomic E-state index is 12.3. The second-order valence-corrected chi connectivity index (χ2v) is 6.87. The van der Waals surface area contributed by atoms with Crippen LogP contribution < -0.4 is 0 Å². The molecule has 25 heavy (non-hydrogen) atoms. The Balaban J connectivity index is 1.43. The minimum atomic E-state index is -0.460. The summed E-state index contributed by atoms with van der Waals surface area (Å²) in [7, 11) is 0. The highest BCUT2D eigenvalue weighted by Gasteiger charge is 2.38. The number of rotatable bonds is 4. The van der Waals surface area contributed by atoms with Gasteiger partial charge in [-0.2, -0.15) is 0 Å². The van der Waals surface area contributed by atoms with E-state index in [4.69, 9.17) is 4.42 Å². The summed E-state index contributed by atoms with van der Waals surface area (Å²) < 4.78 is 5.42. The SMILES string of the molecule is C[C@H]1[C@@H](O)CN1C(=O)c1coc(Cc2ccc(-c3cncs3)nc2)n1. The van der Waals surface area contributed by atoms with E-state index in [1.807, 2.05) is 19.1 Å². The molecule has 1 aliphatic rings. The Morgan fingerprint density at radius 3 is 2.96 bits per heavy atom. The molecule has 0 unspecified atom stereocenters. The van der Waals surface area contributed by atoms with Gasteiger partial charge >= 0.3 is 0 Å². The van der Waals surface area contributed by atoms with Gasteiger partial charge in [0, 0.05) is 18.9 Å². The first kappa shape index (κ1) is 15.9. The van der Waals surface area contributed by atoms with Crippen molar-refractivity contribution in [3.05, 3.63) is 53.4 Å². The number of hydrogen-bond donors (Lipinski definition) is 1. The Hall–Kier alpha value is -2.58. The number of thiazole rings is 1. The third-order valence-corrected chi connectivity index (χ3v) is 5.12. The van der Waals surface area contributed by atoms with Crippen LogP contribution in [0.25, 0.3) is 10.6 Å².